The second kappa shape index (κ2) is 10.4. The van der Waals surface area contributed by atoms with Crippen molar-refractivity contribution >= 4 is 15.9 Å². The minimum atomic E-state index is -4.23. The Labute approximate surface area is 217 Å². The largest absolute Gasteiger partial charge is 0.496 e. The Morgan fingerprint density at radius 3 is 2.27 bits per heavy atom. The van der Waals surface area contributed by atoms with Crippen LogP contribution in [0.15, 0.2) is 71.8 Å². The fourth-order valence-corrected chi connectivity index (χ4v) is 5.00. The third kappa shape index (κ3) is 5.62. The number of aromatic nitrogens is 2. The lowest BCUT2D eigenvalue weighted by Gasteiger charge is -2.16. The molecule has 0 aliphatic rings. The van der Waals surface area contributed by atoms with Crippen LogP contribution in [0.25, 0.3) is 11.3 Å². The summed E-state index contributed by atoms with van der Waals surface area (Å²) in [4.78, 5) is 21.9. The minimum Gasteiger partial charge on any atom is -0.496 e. The maximum Gasteiger partial charge on any atom is 0.281 e. The number of carbonyl (C=O) groups is 1. The van der Waals surface area contributed by atoms with Crippen molar-refractivity contribution in [1.82, 2.24) is 14.7 Å². The molecular weight excluding hydrogens is 490 g/mol. The van der Waals surface area contributed by atoms with Gasteiger partial charge in [-0.15, -0.1) is 0 Å². The number of carbonyl (C=O) groups excluding carboxylic acids is 1. The van der Waals surface area contributed by atoms with E-state index in [9.17, 15) is 13.2 Å². The molecule has 0 bridgehead atoms. The van der Waals surface area contributed by atoms with Crippen LogP contribution in [0.3, 0.4) is 0 Å². The van der Waals surface area contributed by atoms with Gasteiger partial charge >= 0.3 is 0 Å². The van der Waals surface area contributed by atoms with Crippen molar-refractivity contribution in [3.05, 3.63) is 94.7 Å². The van der Waals surface area contributed by atoms with Gasteiger partial charge in [0.05, 0.1) is 12.8 Å². The number of amides is 1. The molecule has 0 unspecified atom stereocenters. The zero-order valence-corrected chi connectivity index (χ0v) is 22.0. The first kappa shape index (κ1) is 25.8. The summed E-state index contributed by atoms with van der Waals surface area (Å²) in [5.74, 6) is 0.199. The van der Waals surface area contributed by atoms with Crippen molar-refractivity contribution in [2.24, 2.45) is 0 Å². The van der Waals surface area contributed by atoms with Gasteiger partial charge in [-0.3, -0.25) is 4.79 Å². The number of pyridine rings is 2. The number of aryl methyl sites for hydroxylation is 4. The number of methoxy groups -OCH3 is 1. The summed E-state index contributed by atoms with van der Waals surface area (Å²) in [6, 6.07) is 18.9. The molecule has 4 rings (SSSR count). The molecular formula is C28H29N3O5S. The number of ether oxygens (including phenoxy) is 2. The molecule has 9 heteroatoms. The molecule has 1 amide bonds. The fourth-order valence-electron chi connectivity index (χ4n) is 4.02. The van der Waals surface area contributed by atoms with Crippen molar-refractivity contribution in [3.8, 4) is 28.6 Å². The molecule has 0 aliphatic carbocycles. The Hall–Kier alpha value is -4.24. The molecule has 2 heterocycles. The van der Waals surface area contributed by atoms with Crippen LogP contribution in [-0.4, -0.2) is 31.4 Å². The molecule has 1 N–H and O–H groups in total. The molecule has 0 fully saturated rings. The minimum absolute atomic E-state index is 0. The van der Waals surface area contributed by atoms with Gasteiger partial charge in [-0.25, -0.2) is 14.7 Å². The molecule has 0 radical (unpaired) electrons. The maximum atomic E-state index is 13.3. The van der Waals surface area contributed by atoms with Gasteiger partial charge in [0.2, 0.25) is 5.88 Å². The van der Waals surface area contributed by atoms with E-state index in [0.717, 1.165) is 16.7 Å². The Kier molecular flexibility index (Phi) is 7.26. The highest BCUT2D eigenvalue weighted by Gasteiger charge is 2.25. The van der Waals surface area contributed by atoms with Crippen LogP contribution in [0.1, 0.15) is 34.2 Å². The van der Waals surface area contributed by atoms with Crippen molar-refractivity contribution in [3.63, 3.8) is 0 Å². The lowest BCUT2D eigenvalue weighted by atomic mass is 10.1. The Morgan fingerprint density at radius 1 is 0.892 bits per heavy atom. The van der Waals surface area contributed by atoms with Crippen LogP contribution in [0.4, 0.5) is 0 Å². The number of nitrogens with zero attached hydrogens (tertiary/aromatic N) is 2. The van der Waals surface area contributed by atoms with Crippen LogP contribution in [-0.2, 0) is 10.0 Å². The molecule has 8 nitrogen and oxygen atoms in total. The van der Waals surface area contributed by atoms with Crippen molar-refractivity contribution in [2.75, 3.05) is 7.11 Å². The van der Waals surface area contributed by atoms with E-state index in [-0.39, 0.29) is 17.9 Å². The molecule has 2 aromatic carbocycles. The first-order valence-electron chi connectivity index (χ1n) is 11.5. The van der Waals surface area contributed by atoms with Gasteiger partial charge in [0, 0.05) is 12.7 Å². The maximum absolute atomic E-state index is 13.3. The zero-order valence-electron chi connectivity index (χ0n) is 21.2. The first-order chi connectivity index (χ1) is 17.6. The van der Waals surface area contributed by atoms with Gasteiger partial charge in [-0.05, 0) is 75.2 Å². The summed E-state index contributed by atoms with van der Waals surface area (Å²) in [5.41, 5.74) is 4.41. The van der Waals surface area contributed by atoms with E-state index in [4.69, 9.17) is 9.47 Å². The summed E-state index contributed by atoms with van der Waals surface area (Å²) in [5, 5.41) is -0.257. The lowest BCUT2D eigenvalue weighted by molar-refractivity contribution is 0.0978. The van der Waals surface area contributed by atoms with E-state index in [2.05, 4.69) is 14.7 Å². The van der Waals surface area contributed by atoms with Crippen molar-refractivity contribution < 1.29 is 24.1 Å². The van der Waals surface area contributed by atoms with Crippen LogP contribution >= 0.6 is 0 Å². The van der Waals surface area contributed by atoms with E-state index in [1.54, 1.807) is 38.3 Å². The lowest BCUT2D eigenvalue weighted by Crippen LogP contribution is -2.31. The topological polar surface area (TPSA) is 107 Å². The molecule has 0 spiro atoms. The van der Waals surface area contributed by atoms with Gasteiger partial charge in [-0.1, -0.05) is 35.9 Å². The third-order valence-electron chi connectivity index (χ3n) is 5.66. The Balaban J connectivity index is 0.00000400. The Morgan fingerprint density at radius 2 is 1.59 bits per heavy atom. The fraction of sp³-hybridized carbons (Fsp3) is 0.179. The SMILES string of the molecule is COc1ccccc1-c1ccc(C(=O)NS(=O)(=O)c2cccc(C)n2)c(Oc2c(C)cc(C)cc2C)n1.[HH]. The molecule has 0 atom stereocenters. The average molecular weight is 520 g/mol. The van der Waals surface area contributed by atoms with Crippen molar-refractivity contribution in [1.29, 1.82) is 0 Å². The van der Waals surface area contributed by atoms with E-state index in [1.807, 2.05) is 51.1 Å². The van der Waals surface area contributed by atoms with E-state index < -0.39 is 15.9 Å². The number of sulfonamides is 1. The van der Waals surface area contributed by atoms with Gasteiger partial charge in [0.15, 0.2) is 5.03 Å². The molecule has 192 valence electrons. The van der Waals surface area contributed by atoms with Crippen LogP contribution in [0.5, 0.6) is 17.4 Å². The molecule has 4 aromatic rings. The summed E-state index contributed by atoms with van der Waals surface area (Å²) in [6.07, 6.45) is 0. The molecule has 0 saturated carbocycles. The number of hydrogen-bond acceptors (Lipinski definition) is 7. The predicted molar refractivity (Wildman–Crippen MR) is 143 cm³/mol. The summed E-state index contributed by atoms with van der Waals surface area (Å²) >= 11 is 0. The highest BCUT2D eigenvalue weighted by Crippen LogP contribution is 2.34. The van der Waals surface area contributed by atoms with Crippen LogP contribution in [0.2, 0.25) is 0 Å². The van der Waals surface area contributed by atoms with Gasteiger partial charge in [-0.2, -0.15) is 8.42 Å². The standard InChI is InChI=1S/C28H27N3O5S.H2/c1-17-15-18(2)26(19(3)16-17)36-28-22(13-14-23(30-28)21-10-6-7-11-24(21)35-5)27(32)31-37(33,34)25-12-8-9-20(4)29-25;/h6-16H,1-5H3,(H,31,32);1H. The number of benzene rings is 2. The monoisotopic (exact) mass is 519 g/mol. The highest BCUT2D eigenvalue weighted by atomic mass is 32.2. The summed E-state index contributed by atoms with van der Waals surface area (Å²) in [6.45, 7) is 7.44. The van der Waals surface area contributed by atoms with E-state index in [1.165, 1.54) is 12.1 Å². The number of hydrogen-bond donors (Lipinski definition) is 1. The van der Waals surface area contributed by atoms with E-state index >= 15 is 0 Å². The normalized spacial score (nSPS) is 11.2. The number of para-hydroxylation sites is 1. The predicted octanol–water partition coefficient (Wildman–Crippen LogP) is 5.54. The average Bonchev–Trinajstić information content (AvgIpc) is 2.85. The summed E-state index contributed by atoms with van der Waals surface area (Å²) in [7, 11) is -2.67. The Bertz CT molecular complexity index is 1580. The smallest absolute Gasteiger partial charge is 0.281 e. The first-order valence-corrected chi connectivity index (χ1v) is 13.0. The van der Waals surface area contributed by atoms with Crippen LogP contribution in [0, 0.1) is 27.7 Å². The molecule has 37 heavy (non-hydrogen) atoms. The zero-order chi connectivity index (χ0) is 26.7. The van der Waals surface area contributed by atoms with Gasteiger partial charge < -0.3 is 9.47 Å². The second-order valence-corrected chi connectivity index (χ2v) is 10.3. The molecule has 0 saturated heterocycles. The number of nitrogens with one attached hydrogen (secondary N) is 1. The molecule has 0 aliphatic heterocycles. The van der Waals surface area contributed by atoms with Crippen LogP contribution < -0.4 is 14.2 Å². The van der Waals surface area contributed by atoms with E-state index in [0.29, 0.717) is 28.5 Å². The van der Waals surface area contributed by atoms with Crippen molar-refractivity contribution in [2.45, 2.75) is 32.7 Å². The highest BCUT2D eigenvalue weighted by molar-refractivity contribution is 7.90. The second-order valence-electron chi connectivity index (χ2n) is 8.63. The quantitative estimate of drug-likeness (QED) is 0.341. The van der Waals surface area contributed by atoms with Gasteiger partial charge in [0.25, 0.3) is 15.9 Å². The number of rotatable bonds is 7. The van der Waals surface area contributed by atoms with Gasteiger partial charge in [0.1, 0.15) is 17.1 Å². The summed E-state index contributed by atoms with van der Waals surface area (Å²) < 4.78 is 39.5. The molecule has 2 aromatic heterocycles. The third-order valence-corrected chi connectivity index (χ3v) is 6.89.